The maximum Gasteiger partial charge on any atom is 0.313 e. The summed E-state index contributed by atoms with van der Waals surface area (Å²) in [7, 11) is 1.57. The van der Waals surface area contributed by atoms with E-state index in [0.717, 1.165) is 5.01 Å². The lowest BCUT2D eigenvalue weighted by molar-refractivity contribution is -0.158. The van der Waals surface area contributed by atoms with Gasteiger partial charge in [-0.2, -0.15) is 12.6 Å². The van der Waals surface area contributed by atoms with Crippen molar-refractivity contribution in [2.24, 2.45) is 12.5 Å². The highest BCUT2D eigenvalue weighted by atomic mass is 35.5. The number of nitrogen functional groups attached to an aromatic ring is 1. The van der Waals surface area contributed by atoms with E-state index in [1.54, 1.807) is 7.05 Å². The average Bonchev–Trinajstić information content (AvgIpc) is 3.19. The van der Waals surface area contributed by atoms with Crippen LogP contribution in [0.2, 0.25) is 5.02 Å². The lowest BCUT2D eigenvalue weighted by Crippen LogP contribution is -2.76. The number of nitrogens with zero attached hydrogens (tertiary/aromatic N) is 7. The molecule has 4 atom stereocenters. The van der Waals surface area contributed by atoms with Crippen molar-refractivity contribution in [1.82, 2.24) is 29.8 Å². The summed E-state index contributed by atoms with van der Waals surface area (Å²) >= 11 is 11.7. The number of carbonyl (C=O) groups excluding carboxylic acids is 2. The molecule has 2 saturated heterocycles. The third-order valence-corrected chi connectivity index (χ3v) is 8.29. The molecule has 2 aromatic rings. The van der Waals surface area contributed by atoms with Crippen molar-refractivity contribution in [3.05, 3.63) is 33.5 Å². The van der Waals surface area contributed by atoms with E-state index in [9.17, 15) is 24.3 Å². The minimum absolute atomic E-state index is 0.0904. The number of anilines is 1. The quantitative estimate of drug-likeness (QED) is 0.336. The van der Waals surface area contributed by atoms with Gasteiger partial charge in [0.25, 0.3) is 5.91 Å². The molecule has 0 bridgehead atoms. The second-order valence-corrected chi connectivity index (χ2v) is 9.80. The van der Waals surface area contributed by atoms with Crippen LogP contribution in [0.1, 0.15) is 18.0 Å². The van der Waals surface area contributed by atoms with Gasteiger partial charge in [0, 0.05) is 32.5 Å². The molecule has 0 saturated carbocycles. The predicted octanol–water partition coefficient (Wildman–Crippen LogP) is -0.882. The number of halogens is 1. The molecule has 0 aliphatic carbocycles. The van der Waals surface area contributed by atoms with Gasteiger partial charge in [-0.3, -0.25) is 23.9 Å². The number of pyridine rings is 1. The number of tetrazole rings is 1. The number of thiol groups is 1. The fourth-order valence-electron chi connectivity index (χ4n) is 3.97. The second-order valence-electron chi connectivity index (χ2n) is 7.77. The Hall–Kier alpha value is -2.78. The summed E-state index contributed by atoms with van der Waals surface area (Å²) in [6.45, 7) is 1.12. The van der Waals surface area contributed by atoms with Crippen LogP contribution in [0.5, 0.6) is 0 Å². The maximum absolute atomic E-state index is 13.2. The Bertz CT molecular complexity index is 1190. The molecule has 0 spiro atoms. The summed E-state index contributed by atoms with van der Waals surface area (Å²) in [6.07, 6.45) is 2.42. The summed E-state index contributed by atoms with van der Waals surface area (Å²) < 4.78 is 2.55. The van der Waals surface area contributed by atoms with Crippen molar-refractivity contribution in [1.29, 1.82) is 0 Å². The van der Waals surface area contributed by atoms with Gasteiger partial charge in [0.05, 0.1) is 17.1 Å². The molecule has 176 valence electrons. The number of β-lactam (4-membered cyclic amide) rings is 1. The number of fused-ring (bicyclic) bond motifs is 1. The van der Waals surface area contributed by atoms with Crippen LogP contribution in [0.25, 0.3) is 0 Å². The summed E-state index contributed by atoms with van der Waals surface area (Å²) in [5.74, 6) is -1.74. The molecule has 2 aromatic heterocycles. The molecule has 16 heteroatoms. The number of amides is 2. The van der Waals surface area contributed by atoms with E-state index in [4.69, 9.17) is 17.3 Å². The number of hydrogen-bond acceptors (Lipinski definition) is 10. The largest absolute Gasteiger partial charge is 0.481 e. The zero-order valence-corrected chi connectivity index (χ0v) is 19.8. The van der Waals surface area contributed by atoms with Crippen molar-refractivity contribution in [2.45, 2.75) is 23.6 Å². The van der Waals surface area contributed by atoms with Gasteiger partial charge < -0.3 is 15.7 Å². The Morgan fingerprint density at radius 1 is 1.42 bits per heavy atom. The van der Waals surface area contributed by atoms with E-state index in [2.05, 4.69) is 28.2 Å². The lowest BCUT2D eigenvalue weighted by Gasteiger charge is -2.56. The fraction of sp³-hybridized carbons (Fsp3) is 0.471. The van der Waals surface area contributed by atoms with Crippen LogP contribution in [0.15, 0.2) is 17.2 Å². The van der Waals surface area contributed by atoms with Crippen LogP contribution in [0.4, 0.5) is 5.69 Å². The summed E-state index contributed by atoms with van der Waals surface area (Å²) in [4.78, 5) is 51.2. The first-order chi connectivity index (χ1) is 15.5. The van der Waals surface area contributed by atoms with Crippen LogP contribution in [-0.2, 0) is 21.4 Å². The Morgan fingerprint density at radius 3 is 2.67 bits per heavy atom. The molecule has 3 unspecified atom stereocenters. The summed E-state index contributed by atoms with van der Waals surface area (Å²) in [5.41, 5.74) is 3.46. The molecule has 2 fully saturated rings. The number of hydrogen-bond donors (Lipinski definition) is 3. The van der Waals surface area contributed by atoms with Gasteiger partial charge in [-0.25, -0.2) is 9.69 Å². The van der Waals surface area contributed by atoms with E-state index in [0.29, 0.717) is 0 Å². The van der Waals surface area contributed by atoms with Crippen LogP contribution >= 0.6 is 36.0 Å². The molecule has 0 aromatic carbocycles. The lowest BCUT2D eigenvalue weighted by atomic mass is 9.83. The zero-order chi connectivity index (χ0) is 24.2. The molecule has 3 N–H and O–H groups in total. The standard InChI is InChI=1S/C17H19ClN8O5S2/c1-7(27)26(24-3-8(18)11(28)9(19)4-24)10-14(29)25-5-17(16(30)31,6-33-15(10)25)12(32)13-20-21-22-23(13)2/h3-4,10,12,15,32H,5-6,19H2,1-2H3,(H,30,31)/t10?,12?,15-,17?/m1/s1. The molecule has 13 nitrogen and oxygen atoms in total. The first-order valence-corrected chi connectivity index (χ1v) is 11.5. The van der Waals surface area contributed by atoms with Crippen molar-refractivity contribution in [2.75, 3.05) is 23.0 Å². The number of carboxylic acid groups (broad SMARTS) is 1. The Morgan fingerprint density at radius 2 is 2.12 bits per heavy atom. The third-order valence-electron chi connectivity index (χ3n) is 5.76. The molecule has 0 radical (unpaired) electrons. The number of aryl methyl sites for hydroxylation is 1. The van der Waals surface area contributed by atoms with Crippen molar-refractivity contribution in [3.8, 4) is 0 Å². The van der Waals surface area contributed by atoms with Crippen molar-refractivity contribution in [3.63, 3.8) is 0 Å². The summed E-state index contributed by atoms with van der Waals surface area (Å²) in [5, 5.41) is 20.8. The monoisotopic (exact) mass is 514 g/mol. The SMILES string of the molecule is CC(=O)N(C1C(=O)N2CC(C(=O)O)(C(S)c3nnnn3C)CS[C@H]12)n1cc(N)c(=O)c(Cl)c1. The minimum atomic E-state index is -1.46. The van der Waals surface area contributed by atoms with Crippen LogP contribution in [0, 0.1) is 5.41 Å². The van der Waals surface area contributed by atoms with E-state index in [-0.39, 0.29) is 28.8 Å². The smallest absolute Gasteiger partial charge is 0.313 e. The number of thioether (sulfide) groups is 1. The van der Waals surface area contributed by atoms with Gasteiger partial charge in [0.2, 0.25) is 11.3 Å². The zero-order valence-electron chi connectivity index (χ0n) is 17.3. The molecule has 2 aliphatic heterocycles. The normalized spacial score (nSPS) is 25.2. The number of carbonyl (C=O) groups is 3. The van der Waals surface area contributed by atoms with Crippen LogP contribution in [0.3, 0.4) is 0 Å². The summed E-state index contributed by atoms with van der Waals surface area (Å²) in [6, 6.07) is -0.938. The van der Waals surface area contributed by atoms with Gasteiger partial charge in [-0.05, 0) is 10.4 Å². The molecule has 4 rings (SSSR count). The number of aromatic nitrogens is 5. The van der Waals surface area contributed by atoms with E-state index < -0.39 is 45.3 Å². The van der Waals surface area contributed by atoms with Crippen molar-refractivity contribution < 1.29 is 19.5 Å². The molecule has 33 heavy (non-hydrogen) atoms. The Kier molecular flexibility index (Phi) is 5.82. The molecular weight excluding hydrogens is 496 g/mol. The minimum Gasteiger partial charge on any atom is -0.481 e. The van der Waals surface area contributed by atoms with Gasteiger partial charge in [-0.1, -0.05) is 11.6 Å². The number of aliphatic carboxylic acids is 1. The molecule has 2 aliphatic rings. The fourth-order valence-corrected chi connectivity index (χ4v) is 6.42. The van der Waals surface area contributed by atoms with Gasteiger partial charge in [-0.15, -0.1) is 16.9 Å². The highest BCUT2D eigenvalue weighted by Gasteiger charge is 2.62. The third kappa shape index (κ3) is 3.54. The molecular formula is C17H19ClN8O5S2. The van der Waals surface area contributed by atoms with Gasteiger partial charge >= 0.3 is 5.97 Å². The first-order valence-electron chi connectivity index (χ1n) is 9.52. The van der Waals surface area contributed by atoms with Crippen molar-refractivity contribution >= 4 is 59.5 Å². The molecule has 2 amide bonds. The Labute approximate surface area is 201 Å². The van der Waals surface area contributed by atoms with Crippen LogP contribution < -0.4 is 16.2 Å². The predicted molar refractivity (Wildman–Crippen MR) is 121 cm³/mol. The topological polar surface area (TPSA) is 170 Å². The maximum atomic E-state index is 13.2. The number of carboxylic acids is 1. The highest BCUT2D eigenvalue weighted by Crippen LogP contribution is 2.50. The first kappa shape index (κ1) is 23.4. The van der Waals surface area contributed by atoms with Gasteiger partial charge in [0.15, 0.2) is 11.9 Å². The number of nitrogens with two attached hydrogens (primary N) is 1. The van der Waals surface area contributed by atoms with E-state index in [1.165, 1.54) is 45.3 Å². The second kappa shape index (κ2) is 8.22. The Balaban J connectivity index is 1.65. The highest BCUT2D eigenvalue weighted by molar-refractivity contribution is 8.00. The van der Waals surface area contributed by atoms with E-state index in [1.807, 2.05) is 0 Å². The number of rotatable bonds is 5. The van der Waals surface area contributed by atoms with Gasteiger partial charge in [0.1, 0.15) is 15.8 Å². The molecule has 4 heterocycles. The van der Waals surface area contributed by atoms with Crippen LogP contribution in [-0.4, -0.2) is 76.4 Å². The average molecular weight is 515 g/mol. The van der Waals surface area contributed by atoms with E-state index >= 15 is 0 Å².